The molecule has 0 aliphatic carbocycles. The minimum absolute atomic E-state index is 0.0447. The highest BCUT2D eigenvalue weighted by molar-refractivity contribution is 5.81. The first-order valence-electron chi connectivity index (χ1n) is 8.50. The van der Waals surface area contributed by atoms with Crippen molar-refractivity contribution in [2.45, 2.75) is 32.5 Å². The first-order chi connectivity index (χ1) is 11.4. The molecule has 1 N–H and O–H groups in total. The zero-order valence-electron chi connectivity index (χ0n) is 14.8. The maximum Gasteiger partial charge on any atom is 0.239 e. The third-order valence-corrected chi connectivity index (χ3v) is 4.52. The van der Waals surface area contributed by atoms with E-state index < -0.39 is 0 Å². The van der Waals surface area contributed by atoms with Crippen LogP contribution in [0.25, 0.3) is 0 Å². The number of benzene rings is 1. The van der Waals surface area contributed by atoms with Crippen LogP contribution in [0.1, 0.15) is 19.4 Å². The summed E-state index contributed by atoms with van der Waals surface area (Å²) in [6, 6.07) is 6.15. The van der Waals surface area contributed by atoms with Gasteiger partial charge in [0.1, 0.15) is 5.82 Å². The Kier molecular flexibility index (Phi) is 6.71. The molecule has 6 heteroatoms. The molecule has 0 aromatic heterocycles. The molecule has 1 aliphatic rings. The molecule has 0 spiro atoms. The fraction of sp³-hybridized carbons (Fsp3) is 0.611. The number of rotatable bonds is 6. The number of hydrogen-bond acceptors (Lipinski definition) is 4. The number of carbonyl (C=O) groups excluding carboxylic acids is 1. The van der Waals surface area contributed by atoms with E-state index >= 15 is 0 Å². The van der Waals surface area contributed by atoms with Crippen molar-refractivity contribution in [2.75, 3.05) is 39.8 Å². The summed E-state index contributed by atoms with van der Waals surface area (Å²) in [4.78, 5) is 18.7. The number of β-amino-alcohol motifs (C(OH)–C–C–N with tert-alkyl or cyclic N) is 1. The van der Waals surface area contributed by atoms with Gasteiger partial charge in [-0.3, -0.25) is 14.6 Å². The van der Waals surface area contributed by atoms with E-state index in [1.807, 2.05) is 13.0 Å². The van der Waals surface area contributed by atoms with Gasteiger partial charge in [0.2, 0.25) is 5.91 Å². The van der Waals surface area contributed by atoms with Gasteiger partial charge >= 0.3 is 0 Å². The van der Waals surface area contributed by atoms with Gasteiger partial charge in [0.15, 0.2) is 0 Å². The second kappa shape index (κ2) is 8.55. The molecule has 1 aromatic rings. The predicted octanol–water partition coefficient (Wildman–Crippen LogP) is 1.17. The monoisotopic (exact) mass is 337 g/mol. The first-order valence-corrected chi connectivity index (χ1v) is 8.50. The van der Waals surface area contributed by atoms with Crippen molar-refractivity contribution in [3.05, 3.63) is 35.6 Å². The van der Waals surface area contributed by atoms with E-state index in [2.05, 4.69) is 9.80 Å². The minimum atomic E-state index is -0.326. The summed E-state index contributed by atoms with van der Waals surface area (Å²) >= 11 is 0. The van der Waals surface area contributed by atoms with Crippen molar-refractivity contribution in [2.24, 2.45) is 0 Å². The lowest BCUT2D eigenvalue weighted by molar-refractivity contribution is -0.136. The van der Waals surface area contributed by atoms with Crippen molar-refractivity contribution in [1.82, 2.24) is 14.7 Å². The van der Waals surface area contributed by atoms with E-state index in [0.29, 0.717) is 13.1 Å². The zero-order chi connectivity index (χ0) is 17.7. The lowest BCUT2D eigenvalue weighted by atomic mass is 10.1. The third kappa shape index (κ3) is 5.26. The predicted molar refractivity (Wildman–Crippen MR) is 92.0 cm³/mol. The molecule has 0 unspecified atom stereocenters. The van der Waals surface area contributed by atoms with E-state index in [1.54, 1.807) is 24.9 Å². The Balaban J connectivity index is 1.85. The Morgan fingerprint density at radius 3 is 2.54 bits per heavy atom. The molecule has 1 heterocycles. The molecule has 24 heavy (non-hydrogen) atoms. The minimum Gasteiger partial charge on any atom is -0.392 e. The maximum atomic E-state index is 13.3. The van der Waals surface area contributed by atoms with E-state index in [-0.39, 0.29) is 23.9 Å². The topological polar surface area (TPSA) is 47.0 Å². The van der Waals surface area contributed by atoms with Gasteiger partial charge < -0.3 is 10.0 Å². The Bertz CT molecular complexity index is 545. The highest BCUT2D eigenvalue weighted by Crippen LogP contribution is 2.12. The Morgan fingerprint density at radius 1 is 1.29 bits per heavy atom. The molecule has 0 bridgehead atoms. The average molecular weight is 337 g/mol. The van der Waals surface area contributed by atoms with Gasteiger partial charge in [0.25, 0.3) is 0 Å². The molecule has 1 fully saturated rings. The van der Waals surface area contributed by atoms with E-state index in [4.69, 9.17) is 0 Å². The van der Waals surface area contributed by atoms with Crippen molar-refractivity contribution in [1.29, 1.82) is 0 Å². The van der Waals surface area contributed by atoms with E-state index in [1.165, 1.54) is 12.1 Å². The summed E-state index contributed by atoms with van der Waals surface area (Å²) in [6.45, 7) is 8.14. The molecule has 2 atom stereocenters. The number of aliphatic hydroxyl groups excluding tert-OH is 1. The van der Waals surface area contributed by atoms with E-state index in [9.17, 15) is 14.3 Å². The van der Waals surface area contributed by atoms with Crippen LogP contribution in [0.3, 0.4) is 0 Å². The average Bonchev–Trinajstić information content (AvgIpc) is 2.53. The Hall–Kier alpha value is -1.50. The second-order valence-corrected chi connectivity index (χ2v) is 6.69. The van der Waals surface area contributed by atoms with Crippen LogP contribution >= 0.6 is 0 Å². The second-order valence-electron chi connectivity index (χ2n) is 6.69. The molecular weight excluding hydrogens is 309 g/mol. The molecule has 2 rings (SSSR count). The van der Waals surface area contributed by atoms with Crippen molar-refractivity contribution >= 4 is 5.91 Å². The number of aliphatic hydroxyl groups is 1. The van der Waals surface area contributed by atoms with Crippen molar-refractivity contribution in [3.63, 3.8) is 0 Å². The van der Waals surface area contributed by atoms with Crippen LogP contribution in [0.2, 0.25) is 0 Å². The molecule has 1 aromatic carbocycles. The van der Waals surface area contributed by atoms with Gasteiger partial charge in [0.05, 0.1) is 12.1 Å². The normalized spacial score (nSPS) is 19.0. The van der Waals surface area contributed by atoms with E-state index in [0.717, 1.165) is 31.7 Å². The summed E-state index contributed by atoms with van der Waals surface area (Å²) in [5.74, 6) is -0.237. The summed E-state index contributed by atoms with van der Waals surface area (Å²) in [6.07, 6.45) is -0.326. The van der Waals surface area contributed by atoms with Crippen LogP contribution in [0, 0.1) is 5.82 Å². The molecular formula is C18H28FN3O2. The van der Waals surface area contributed by atoms with Gasteiger partial charge in [-0.05, 0) is 31.5 Å². The third-order valence-electron chi connectivity index (χ3n) is 4.52. The number of nitrogens with zero attached hydrogens (tertiary/aromatic N) is 3. The van der Waals surface area contributed by atoms with Crippen LogP contribution in [0.4, 0.5) is 4.39 Å². The van der Waals surface area contributed by atoms with Crippen LogP contribution < -0.4 is 0 Å². The number of piperazine rings is 1. The summed E-state index contributed by atoms with van der Waals surface area (Å²) < 4.78 is 13.3. The van der Waals surface area contributed by atoms with Crippen LogP contribution in [0.5, 0.6) is 0 Å². The van der Waals surface area contributed by atoms with Crippen LogP contribution in [-0.4, -0.2) is 77.6 Å². The Morgan fingerprint density at radius 2 is 1.96 bits per heavy atom. The largest absolute Gasteiger partial charge is 0.392 e. The van der Waals surface area contributed by atoms with Gasteiger partial charge in [-0.1, -0.05) is 12.1 Å². The van der Waals surface area contributed by atoms with Crippen molar-refractivity contribution < 1.29 is 14.3 Å². The van der Waals surface area contributed by atoms with Gasteiger partial charge in [-0.25, -0.2) is 4.39 Å². The van der Waals surface area contributed by atoms with Gasteiger partial charge in [-0.15, -0.1) is 0 Å². The molecule has 0 radical (unpaired) electrons. The lowest BCUT2D eigenvalue weighted by Gasteiger charge is -2.38. The summed E-state index contributed by atoms with van der Waals surface area (Å²) in [5, 5.41) is 9.46. The molecule has 1 saturated heterocycles. The van der Waals surface area contributed by atoms with Gasteiger partial charge in [-0.2, -0.15) is 0 Å². The SMILES string of the molecule is C[C@H](O)CN1CCN([C@@H](C)C(=O)N(C)Cc2cccc(F)c2)CC1. The molecule has 1 aliphatic heterocycles. The highest BCUT2D eigenvalue weighted by atomic mass is 19.1. The maximum absolute atomic E-state index is 13.3. The molecule has 5 nitrogen and oxygen atoms in total. The number of halogens is 1. The highest BCUT2D eigenvalue weighted by Gasteiger charge is 2.27. The Labute approximate surface area is 143 Å². The number of amides is 1. The van der Waals surface area contributed by atoms with Crippen molar-refractivity contribution in [3.8, 4) is 0 Å². The summed E-state index contributed by atoms with van der Waals surface area (Å²) in [5.41, 5.74) is 0.791. The fourth-order valence-electron chi connectivity index (χ4n) is 3.17. The zero-order valence-corrected chi connectivity index (χ0v) is 14.8. The summed E-state index contributed by atoms with van der Waals surface area (Å²) in [7, 11) is 1.76. The fourth-order valence-corrected chi connectivity index (χ4v) is 3.17. The number of carbonyl (C=O) groups is 1. The molecule has 1 amide bonds. The standard InChI is InChI=1S/C18H28FN3O2/c1-14(23)12-21-7-9-22(10-8-21)15(2)18(24)20(3)13-16-5-4-6-17(19)11-16/h4-6,11,14-15,23H,7-10,12-13H2,1-3H3/t14-,15-/m0/s1. The quantitative estimate of drug-likeness (QED) is 0.847. The lowest BCUT2D eigenvalue weighted by Crippen LogP contribution is -2.54. The molecule has 134 valence electrons. The number of hydrogen-bond donors (Lipinski definition) is 1. The smallest absolute Gasteiger partial charge is 0.239 e. The molecule has 0 saturated carbocycles. The number of likely N-dealkylation sites (N-methyl/N-ethyl adjacent to an activating group) is 1. The first kappa shape index (κ1) is 18.8. The van der Waals surface area contributed by atoms with Gasteiger partial charge in [0, 0.05) is 46.3 Å². The van der Waals surface area contributed by atoms with Crippen LogP contribution in [-0.2, 0) is 11.3 Å². The van der Waals surface area contributed by atoms with Crippen LogP contribution in [0.15, 0.2) is 24.3 Å².